The number of benzene rings is 1. The molecule has 1 aromatic carbocycles. The van der Waals surface area contributed by atoms with Crippen LogP contribution in [-0.4, -0.2) is 31.6 Å². The van der Waals surface area contributed by atoms with Gasteiger partial charge in [-0.3, -0.25) is 9.36 Å². The molecular formula is C12H14N4O2S. The Morgan fingerprint density at radius 2 is 2.16 bits per heavy atom. The van der Waals surface area contributed by atoms with Crippen LogP contribution in [0.3, 0.4) is 0 Å². The van der Waals surface area contributed by atoms with Gasteiger partial charge in [0.25, 0.3) is 0 Å². The molecular weight excluding hydrogens is 264 g/mol. The zero-order chi connectivity index (χ0) is 14.0. The van der Waals surface area contributed by atoms with Crippen LogP contribution < -0.4 is 5.73 Å². The van der Waals surface area contributed by atoms with Gasteiger partial charge in [0.1, 0.15) is 0 Å². The number of rotatable bonds is 4. The van der Waals surface area contributed by atoms with Gasteiger partial charge in [-0.25, -0.2) is 0 Å². The lowest BCUT2D eigenvalue weighted by Gasteiger charge is -2.11. The molecule has 0 atom stereocenters. The van der Waals surface area contributed by atoms with E-state index in [-0.39, 0.29) is 11.7 Å². The Bertz CT molecular complexity index is 624. The summed E-state index contributed by atoms with van der Waals surface area (Å²) >= 11 is 1.09. The van der Waals surface area contributed by atoms with E-state index in [1.165, 1.54) is 0 Å². The average molecular weight is 278 g/mol. The van der Waals surface area contributed by atoms with Gasteiger partial charge < -0.3 is 10.8 Å². The molecule has 6 nitrogen and oxygen atoms in total. The lowest BCUT2D eigenvalue weighted by atomic mass is 10.1. The van der Waals surface area contributed by atoms with Crippen molar-refractivity contribution < 1.29 is 9.90 Å². The first-order valence-electron chi connectivity index (χ1n) is 5.62. The molecule has 0 aliphatic heterocycles. The van der Waals surface area contributed by atoms with E-state index in [4.69, 9.17) is 10.8 Å². The summed E-state index contributed by atoms with van der Waals surface area (Å²) in [7, 11) is 0. The van der Waals surface area contributed by atoms with Crippen molar-refractivity contribution in [2.24, 2.45) is 0 Å². The number of thioether (sulfide) groups is 1. The molecule has 100 valence electrons. The summed E-state index contributed by atoms with van der Waals surface area (Å²) in [6.07, 6.45) is 0. The second kappa shape index (κ2) is 5.31. The van der Waals surface area contributed by atoms with Gasteiger partial charge in [0.15, 0.2) is 5.16 Å². The van der Waals surface area contributed by atoms with Crippen LogP contribution in [-0.2, 0) is 4.79 Å². The average Bonchev–Trinajstić information content (AvgIpc) is 2.68. The molecule has 0 aliphatic carbocycles. The number of hydrogen-bond donors (Lipinski definition) is 2. The Kier molecular flexibility index (Phi) is 3.75. The second-order valence-electron chi connectivity index (χ2n) is 4.15. The van der Waals surface area contributed by atoms with E-state index in [1.54, 1.807) is 4.57 Å². The monoisotopic (exact) mass is 278 g/mol. The van der Waals surface area contributed by atoms with Crippen molar-refractivity contribution >= 4 is 23.7 Å². The molecule has 3 N–H and O–H groups in total. The summed E-state index contributed by atoms with van der Waals surface area (Å²) < 4.78 is 1.67. The van der Waals surface area contributed by atoms with E-state index in [2.05, 4.69) is 10.2 Å². The Morgan fingerprint density at radius 3 is 2.79 bits per heavy atom. The standard InChI is InChI=1S/C12H14N4O2S/c1-7-3-4-9(8(2)5-7)16-11(13)14-15-12(16)19-6-10(17)18/h3-5H,6H2,1-2H3,(H2,13,14)(H,17,18). The van der Waals surface area contributed by atoms with E-state index < -0.39 is 5.97 Å². The molecule has 2 rings (SSSR count). The van der Waals surface area contributed by atoms with Crippen molar-refractivity contribution in [3.8, 4) is 5.69 Å². The minimum absolute atomic E-state index is 0.0803. The highest BCUT2D eigenvalue weighted by atomic mass is 32.2. The molecule has 7 heteroatoms. The summed E-state index contributed by atoms with van der Waals surface area (Å²) in [6, 6.07) is 5.92. The molecule has 0 aliphatic rings. The van der Waals surface area contributed by atoms with Crippen molar-refractivity contribution in [2.75, 3.05) is 11.5 Å². The number of aryl methyl sites for hydroxylation is 2. The minimum atomic E-state index is -0.904. The lowest BCUT2D eigenvalue weighted by molar-refractivity contribution is -0.133. The van der Waals surface area contributed by atoms with Crippen molar-refractivity contribution in [1.29, 1.82) is 0 Å². The molecule has 0 saturated heterocycles. The van der Waals surface area contributed by atoms with E-state index >= 15 is 0 Å². The van der Waals surface area contributed by atoms with Gasteiger partial charge in [-0.05, 0) is 25.5 Å². The summed E-state index contributed by atoms with van der Waals surface area (Å²) in [4.78, 5) is 10.6. The highest BCUT2D eigenvalue weighted by Gasteiger charge is 2.14. The largest absolute Gasteiger partial charge is 0.481 e. The molecule has 0 radical (unpaired) electrons. The molecule has 0 amide bonds. The third-order valence-corrected chi connectivity index (χ3v) is 3.49. The van der Waals surface area contributed by atoms with E-state index in [1.807, 2.05) is 32.0 Å². The summed E-state index contributed by atoms with van der Waals surface area (Å²) in [6.45, 7) is 3.97. The zero-order valence-corrected chi connectivity index (χ0v) is 11.4. The number of carboxylic acid groups (broad SMARTS) is 1. The molecule has 0 fully saturated rings. The maximum absolute atomic E-state index is 10.6. The SMILES string of the molecule is Cc1ccc(-n2c(N)nnc2SCC(=O)O)c(C)c1. The first-order chi connectivity index (χ1) is 8.99. The number of carboxylic acids is 1. The molecule has 0 bridgehead atoms. The van der Waals surface area contributed by atoms with Crippen LogP contribution in [0.1, 0.15) is 11.1 Å². The van der Waals surface area contributed by atoms with Crippen molar-refractivity contribution in [1.82, 2.24) is 14.8 Å². The number of aromatic nitrogens is 3. The summed E-state index contributed by atoms with van der Waals surface area (Å²) in [5, 5.41) is 16.9. The lowest BCUT2D eigenvalue weighted by Crippen LogP contribution is -2.06. The highest BCUT2D eigenvalue weighted by Crippen LogP contribution is 2.25. The predicted octanol–water partition coefficient (Wildman–Crippen LogP) is 1.64. The molecule has 0 unspecified atom stereocenters. The van der Waals surface area contributed by atoms with Crippen LogP contribution in [0.5, 0.6) is 0 Å². The molecule has 2 aromatic rings. The number of nitrogens with zero attached hydrogens (tertiary/aromatic N) is 3. The normalized spacial score (nSPS) is 10.6. The van der Waals surface area contributed by atoms with Gasteiger partial charge in [0.2, 0.25) is 5.95 Å². The first kappa shape index (κ1) is 13.4. The third-order valence-electron chi connectivity index (χ3n) is 2.58. The number of hydrogen-bond acceptors (Lipinski definition) is 5. The smallest absolute Gasteiger partial charge is 0.313 e. The van der Waals surface area contributed by atoms with Crippen LogP contribution in [0.2, 0.25) is 0 Å². The maximum atomic E-state index is 10.6. The van der Waals surface area contributed by atoms with Gasteiger partial charge >= 0.3 is 5.97 Å². The van der Waals surface area contributed by atoms with E-state index in [9.17, 15) is 4.79 Å². The molecule has 19 heavy (non-hydrogen) atoms. The number of nitrogen functional groups attached to an aromatic ring is 1. The summed E-state index contributed by atoms with van der Waals surface area (Å²) in [5.41, 5.74) is 8.85. The van der Waals surface area contributed by atoms with Crippen LogP contribution in [0.4, 0.5) is 5.95 Å². The van der Waals surface area contributed by atoms with Crippen LogP contribution in [0.15, 0.2) is 23.4 Å². The molecule has 0 spiro atoms. The van der Waals surface area contributed by atoms with Crippen LogP contribution in [0.25, 0.3) is 5.69 Å². The highest BCUT2D eigenvalue weighted by molar-refractivity contribution is 7.99. The Balaban J connectivity index is 2.43. The fraction of sp³-hybridized carbons (Fsp3) is 0.250. The third kappa shape index (κ3) is 2.87. The second-order valence-corrected chi connectivity index (χ2v) is 5.09. The van der Waals surface area contributed by atoms with Gasteiger partial charge in [0.05, 0.1) is 11.4 Å². The first-order valence-corrected chi connectivity index (χ1v) is 6.60. The Hall–Kier alpha value is -2.02. The van der Waals surface area contributed by atoms with Gasteiger partial charge in [-0.15, -0.1) is 10.2 Å². The molecule has 0 saturated carbocycles. The van der Waals surface area contributed by atoms with E-state index in [0.29, 0.717) is 5.16 Å². The topological polar surface area (TPSA) is 94.0 Å². The van der Waals surface area contributed by atoms with Gasteiger partial charge in [-0.1, -0.05) is 29.5 Å². The quantitative estimate of drug-likeness (QED) is 0.826. The Morgan fingerprint density at radius 1 is 1.42 bits per heavy atom. The van der Waals surface area contributed by atoms with E-state index in [0.717, 1.165) is 28.6 Å². The van der Waals surface area contributed by atoms with Crippen LogP contribution >= 0.6 is 11.8 Å². The number of anilines is 1. The van der Waals surface area contributed by atoms with Gasteiger partial charge in [0, 0.05) is 0 Å². The minimum Gasteiger partial charge on any atom is -0.481 e. The number of nitrogens with two attached hydrogens (primary N) is 1. The van der Waals surface area contributed by atoms with Crippen molar-refractivity contribution in [3.63, 3.8) is 0 Å². The van der Waals surface area contributed by atoms with Crippen LogP contribution in [0, 0.1) is 13.8 Å². The van der Waals surface area contributed by atoms with Crippen molar-refractivity contribution in [2.45, 2.75) is 19.0 Å². The number of aliphatic carboxylic acids is 1. The zero-order valence-electron chi connectivity index (χ0n) is 10.6. The predicted molar refractivity (Wildman–Crippen MR) is 73.6 cm³/mol. The fourth-order valence-electron chi connectivity index (χ4n) is 1.78. The number of carbonyl (C=O) groups is 1. The Labute approximate surface area is 114 Å². The summed E-state index contributed by atoms with van der Waals surface area (Å²) in [5.74, 6) is -0.734. The molecule has 1 aromatic heterocycles. The van der Waals surface area contributed by atoms with Gasteiger partial charge in [-0.2, -0.15) is 0 Å². The maximum Gasteiger partial charge on any atom is 0.313 e. The fourth-order valence-corrected chi connectivity index (χ4v) is 2.46. The molecule has 1 heterocycles. The van der Waals surface area contributed by atoms with Crippen molar-refractivity contribution in [3.05, 3.63) is 29.3 Å².